The number of aliphatic hydroxyl groups excluding tert-OH is 1. The van der Waals surface area contributed by atoms with Crippen LogP contribution in [0.5, 0.6) is 0 Å². The van der Waals surface area contributed by atoms with E-state index in [0.717, 1.165) is 38.5 Å². The van der Waals surface area contributed by atoms with Gasteiger partial charge in [0.25, 0.3) is 5.91 Å². The van der Waals surface area contributed by atoms with Crippen molar-refractivity contribution < 1.29 is 14.7 Å². The van der Waals surface area contributed by atoms with Gasteiger partial charge in [-0.2, -0.15) is 0 Å². The molecule has 2 aliphatic rings. The number of anilines is 1. The summed E-state index contributed by atoms with van der Waals surface area (Å²) in [6.45, 7) is 1.82. The van der Waals surface area contributed by atoms with Gasteiger partial charge in [-0.3, -0.25) is 9.59 Å². The van der Waals surface area contributed by atoms with Gasteiger partial charge in [0, 0.05) is 17.2 Å². The molecule has 5 heteroatoms. The van der Waals surface area contributed by atoms with E-state index in [0.29, 0.717) is 17.2 Å². The molecule has 2 aliphatic carbocycles. The number of carbonyl (C=O) groups is 2. The molecule has 0 saturated heterocycles. The largest absolute Gasteiger partial charge is 0.394 e. The minimum absolute atomic E-state index is 0.0513. The molecule has 0 heterocycles. The topological polar surface area (TPSA) is 78.4 Å². The fourth-order valence-electron chi connectivity index (χ4n) is 3.67. The van der Waals surface area contributed by atoms with Crippen LogP contribution in [0.4, 0.5) is 5.69 Å². The molecule has 0 bridgehead atoms. The predicted molar refractivity (Wildman–Crippen MR) is 97.3 cm³/mol. The Morgan fingerprint density at radius 2 is 1.88 bits per heavy atom. The number of hydrogen-bond donors (Lipinski definition) is 3. The molecule has 0 spiro atoms. The SMILES string of the molecule is CC(CO)(NC(=O)c1cccc(NC(=O)C2CCCCC2)c1)C1CC1. The quantitative estimate of drug-likeness (QED) is 0.742. The van der Waals surface area contributed by atoms with E-state index in [2.05, 4.69) is 10.6 Å². The van der Waals surface area contributed by atoms with E-state index in [1.54, 1.807) is 18.2 Å². The van der Waals surface area contributed by atoms with Gasteiger partial charge < -0.3 is 15.7 Å². The van der Waals surface area contributed by atoms with Crippen molar-refractivity contribution in [2.24, 2.45) is 11.8 Å². The van der Waals surface area contributed by atoms with Gasteiger partial charge in [-0.25, -0.2) is 0 Å². The summed E-state index contributed by atoms with van der Waals surface area (Å²) in [6, 6.07) is 7.03. The molecule has 1 unspecified atom stereocenters. The second-order valence-electron chi connectivity index (χ2n) is 7.71. The van der Waals surface area contributed by atoms with Crippen LogP contribution in [0.2, 0.25) is 0 Å². The molecule has 1 atom stereocenters. The Morgan fingerprint density at radius 3 is 2.52 bits per heavy atom. The Bertz CT molecular complexity index is 636. The van der Waals surface area contributed by atoms with Gasteiger partial charge in [0.2, 0.25) is 5.91 Å². The zero-order chi connectivity index (χ0) is 17.9. The Morgan fingerprint density at radius 1 is 1.16 bits per heavy atom. The average molecular weight is 344 g/mol. The molecule has 0 radical (unpaired) electrons. The molecule has 2 saturated carbocycles. The predicted octanol–water partition coefficient (Wildman–Crippen LogP) is 3.10. The molecular weight excluding hydrogens is 316 g/mol. The number of aliphatic hydroxyl groups is 1. The molecule has 3 N–H and O–H groups in total. The van der Waals surface area contributed by atoms with Crippen LogP contribution >= 0.6 is 0 Å². The van der Waals surface area contributed by atoms with E-state index in [1.807, 2.05) is 13.0 Å². The van der Waals surface area contributed by atoms with Gasteiger partial charge in [0.15, 0.2) is 0 Å². The second kappa shape index (κ2) is 7.56. The maximum absolute atomic E-state index is 12.6. The first-order valence-electron chi connectivity index (χ1n) is 9.36. The summed E-state index contributed by atoms with van der Waals surface area (Å²) in [6.07, 6.45) is 7.40. The molecule has 25 heavy (non-hydrogen) atoms. The molecular formula is C20H28N2O3. The molecule has 2 fully saturated rings. The first-order chi connectivity index (χ1) is 12.0. The van der Waals surface area contributed by atoms with Gasteiger partial charge in [-0.05, 0) is 56.7 Å². The minimum Gasteiger partial charge on any atom is -0.394 e. The molecule has 1 aromatic carbocycles. The summed E-state index contributed by atoms with van der Waals surface area (Å²) in [7, 11) is 0. The Balaban J connectivity index is 1.64. The fraction of sp³-hybridized carbons (Fsp3) is 0.600. The maximum Gasteiger partial charge on any atom is 0.251 e. The zero-order valence-electron chi connectivity index (χ0n) is 14.9. The van der Waals surface area contributed by atoms with E-state index in [-0.39, 0.29) is 24.3 Å². The highest BCUT2D eigenvalue weighted by atomic mass is 16.3. The molecule has 1 aromatic rings. The van der Waals surface area contributed by atoms with Crippen molar-refractivity contribution in [2.75, 3.05) is 11.9 Å². The van der Waals surface area contributed by atoms with Crippen molar-refractivity contribution in [3.8, 4) is 0 Å². The summed E-state index contributed by atoms with van der Waals surface area (Å²) in [5.41, 5.74) is 0.584. The summed E-state index contributed by atoms with van der Waals surface area (Å²) in [4.78, 5) is 24.9. The van der Waals surface area contributed by atoms with Crippen molar-refractivity contribution in [1.29, 1.82) is 0 Å². The van der Waals surface area contributed by atoms with Crippen LogP contribution in [0.1, 0.15) is 62.2 Å². The highest BCUT2D eigenvalue weighted by molar-refractivity contribution is 5.98. The monoisotopic (exact) mass is 344 g/mol. The van der Waals surface area contributed by atoms with E-state index in [4.69, 9.17) is 0 Å². The lowest BCUT2D eigenvalue weighted by molar-refractivity contribution is -0.120. The smallest absolute Gasteiger partial charge is 0.251 e. The van der Waals surface area contributed by atoms with Gasteiger partial charge in [0.1, 0.15) is 0 Å². The third-order valence-electron chi connectivity index (χ3n) is 5.57. The Hall–Kier alpha value is -1.88. The number of nitrogens with one attached hydrogen (secondary N) is 2. The number of benzene rings is 1. The number of amides is 2. The Kier molecular flexibility index (Phi) is 5.42. The van der Waals surface area contributed by atoms with Crippen LogP contribution in [0.3, 0.4) is 0 Å². The van der Waals surface area contributed by atoms with Gasteiger partial charge in [-0.15, -0.1) is 0 Å². The zero-order valence-corrected chi connectivity index (χ0v) is 14.9. The lowest BCUT2D eigenvalue weighted by Crippen LogP contribution is -2.50. The van der Waals surface area contributed by atoms with Crippen LogP contribution in [-0.2, 0) is 4.79 Å². The molecule has 0 aromatic heterocycles. The van der Waals surface area contributed by atoms with E-state index in [1.165, 1.54) is 6.42 Å². The van der Waals surface area contributed by atoms with Crippen molar-refractivity contribution in [3.05, 3.63) is 29.8 Å². The molecule has 2 amide bonds. The van der Waals surface area contributed by atoms with Crippen LogP contribution in [0.25, 0.3) is 0 Å². The third-order valence-corrected chi connectivity index (χ3v) is 5.57. The maximum atomic E-state index is 12.6. The van der Waals surface area contributed by atoms with Gasteiger partial charge in [-0.1, -0.05) is 25.3 Å². The van der Waals surface area contributed by atoms with Crippen LogP contribution in [0, 0.1) is 11.8 Å². The van der Waals surface area contributed by atoms with Crippen LogP contribution in [0.15, 0.2) is 24.3 Å². The average Bonchev–Trinajstić information content (AvgIpc) is 3.48. The fourth-order valence-corrected chi connectivity index (χ4v) is 3.67. The normalized spacial score (nSPS) is 20.6. The second-order valence-corrected chi connectivity index (χ2v) is 7.71. The summed E-state index contributed by atoms with van der Waals surface area (Å²) >= 11 is 0. The number of carbonyl (C=O) groups excluding carboxylic acids is 2. The van der Waals surface area contributed by atoms with E-state index >= 15 is 0 Å². The molecule has 0 aliphatic heterocycles. The van der Waals surface area contributed by atoms with Crippen LogP contribution < -0.4 is 10.6 Å². The molecule has 136 valence electrons. The van der Waals surface area contributed by atoms with Crippen LogP contribution in [-0.4, -0.2) is 29.1 Å². The van der Waals surface area contributed by atoms with Crippen molar-refractivity contribution in [1.82, 2.24) is 5.32 Å². The van der Waals surface area contributed by atoms with E-state index in [9.17, 15) is 14.7 Å². The first kappa shape index (κ1) is 17.9. The lowest BCUT2D eigenvalue weighted by Gasteiger charge is -2.28. The highest BCUT2D eigenvalue weighted by Crippen LogP contribution is 2.39. The van der Waals surface area contributed by atoms with Crippen molar-refractivity contribution >= 4 is 17.5 Å². The summed E-state index contributed by atoms with van der Waals surface area (Å²) < 4.78 is 0. The van der Waals surface area contributed by atoms with Crippen molar-refractivity contribution in [2.45, 2.75) is 57.4 Å². The molecule has 5 nitrogen and oxygen atoms in total. The third kappa shape index (κ3) is 4.40. The van der Waals surface area contributed by atoms with Crippen molar-refractivity contribution in [3.63, 3.8) is 0 Å². The van der Waals surface area contributed by atoms with E-state index < -0.39 is 5.54 Å². The standard InChI is InChI=1S/C20H28N2O3/c1-20(13-23,16-10-11-16)22-19(25)15-8-5-9-17(12-15)21-18(24)14-6-3-2-4-7-14/h5,8-9,12,14,16,23H,2-4,6-7,10-11,13H2,1H3,(H,21,24)(H,22,25). The number of hydrogen-bond acceptors (Lipinski definition) is 3. The van der Waals surface area contributed by atoms with Gasteiger partial charge >= 0.3 is 0 Å². The summed E-state index contributed by atoms with van der Waals surface area (Å²) in [5.74, 6) is 0.266. The minimum atomic E-state index is -0.571. The summed E-state index contributed by atoms with van der Waals surface area (Å²) in [5, 5.41) is 15.6. The lowest BCUT2D eigenvalue weighted by atomic mass is 9.88. The Labute approximate surface area is 149 Å². The van der Waals surface area contributed by atoms with Gasteiger partial charge in [0.05, 0.1) is 12.1 Å². The first-order valence-corrected chi connectivity index (χ1v) is 9.36. The molecule has 3 rings (SSSR count). The number of rotatable bonds is 6. The highest BCUT2D eigenvalue weighted by Gasteiger charge is 2.42.